The lowest BCUT2D eigenvalue weighted by Gasteiger charge is -2.36. The van der Waals surface area contributed by atoms with E-state index in [1.54, 1.807) is 4.68 Å². The van der Waals surface area contributed by atoms with Crippen molar-refractivity contribution in [2.45, 2.75) is 38.5 Å². The quantitative estimate of drug-likeness (QED) is 0.585. The van der Waals surface area contributed by atoms with E-state index in [1.807, 2.05) is 32.3 Å². The minimum atomic E-state index is -0.173. The topological polar surface area (TPSA) is 36.3 Å². The Hall–Kier alpha value is -2.34. The van der Waals surface area contributed by atoms with Gasteiger partial charge in [0.05, 0.1) is 11.4 Å². The Kier molecular flexibility index (Phi) is 7.53. The van der Waals surface area contributed by atoms with Gasteiger partial charge in [0.15, 0.2) is 5.82 Å². The standard InChI is InChI=1S/C24H36FN5/c1-6-8-10-19(18(3)26-4)23-20-11-12-21(22(25)24(20)28(5)27-23)30-16-14-29(15-17-30)13-9-7-2/h6,11-12,19,26H,1,3,7-10,13-17H2,2,4-5H3. The van der Waals surface area contributed by atoms with Gasteiger partial charge < -0.3 is 10.2 Å². The van der Waals surface area contributed by atoms with Crippen LogP contribution in [0.5, 0.6) is 0 Å². The third-order valence-electron chi connectivity index (χ3n) is 6.23. The van der Waals surface area contributed by atoms with Crippen molar-refractivity contribution in [3.05, 3.63) is 48.6 Å². The SMILES string of the molecule is C=CCCC(C(=C)NC)c1nn(C)c2c(F)c(N3CCN(CCCC)CC3)ccc12. The second-order valence-electron chi connectivity index (χ2n) is 8.18. The lowest BCUT2D eigenvalue weighted by Crippen LogP contribution is -2.46. The first kappa shape index (κ1) is 22.3. The number of hydrogen-bond donors (Lipinski definition) is 1. The summed E-state index contributed by atoms with van der Waals surface area (Å²) in [7, 11) is 3.70. The Labute approximate surface area is 180 Å². The average Bonchev–Trinajstić information content (AvgIpc) is 3.10. The van der Waals surface area contributed by atoms with Crippen LogP contribution >= 0.6 is 0 Å². The molecular formula is C24H36FN5. The van der Waals surface area contributed by atoms with E-state index in [-0.39, 0.29) is 11.7 Å². The maximum absolute atomic E-state index is 15.7. The summed E-state index contributed by atoms with van der Waals surface area (Å²) in [6.45, 7) is 15.0. The molecule has 3 rings (SSSR count). The summed E-state index contributed by atoms with van der Waals surface area (Å²) in [5, 5.41) is 8.74. The number of benzene rings is 1. The van der Waals surface area contributed by atoms with Crippen LogP contribution in [0.3, 0.4) is 0 Å². The van der Waals surface area contributed by atoms with Crippen LogP contribution < -0.4 is 10.2 Å². The summed E-state index contributed by atoms with van der Waals surface area (Å²) in [6.07, 6.45) is 6.04. The van der Waals surface area contributed by atoms with Crippen molar-refractivity contribution in [2.75, 3.05) is 44.7 Å². The van der Waals surface area contributed by atoms with Crippen LogP contribution in [-0.2, 0) is 7.05 Å². The van der Waals surface area contributed by atoms with Gasteiger partial charge in [-0.3, -0.25) is 9.58 Å². The Bertz CT molecular complexity index is 879. The van der Waals surface area contributed by atoms with E-state index in [0.717, 1.165) is 62.3 Å². The van der Waals surface area contributed by atoms with Crippen molar-refractivity contribution >= 4 is 16.6 Å². The van der Waals surface area contributed by atoms with Crippen LogP contribution in [0.2, 0.25) is 0 Å². The molecule has 2 heterocycles. The molecule has 30 heavy (non-hydrogen) atoms. The summed E-state index contributed by atoms with van der Waals surface area (Å²) in [6, 6.07) is 3.96. The predicted molar refractivity (Wildman–Crippen MR) is 125 cm³/mol. The van der Waals surface area contributed by atoms with Crippen LogP contribution in [0.15, 0.2) is 37.1 Å². The number of nitrogens with one attached hydrogen (secondary N) is 1. The van der Waals surface area contributed by atoms with Crippen molar-refractivity contribution < 1.29 is 4.39 Å². The molecule has 1 N–H and O–H groups in total. The van der Waals surface area contributed by atoms with Gasteiger partial charge in [-0.2, -0.15) is 5.10 Å². The summed E-state index contributed by atoms with van der Waals surface area (Å²) in [5.41, 5.74) is 3.03. The molecule has 6 heteroatoms. The van der Waals surface area contributed by atoms with E-state index in [0.29, 0.717) is 11.2 Å². The van der Waals surface area contributed by atoms with Gasteiger partial charge in [0.1, 0.15) is 5.52 Å². The molecule has 1 aliphatic rings. The second kappa shape index (κ2) is 10.1. The first-order valence-corrected chi connectivity index (χ1v) is 11.1. The van der Waals surface area contributed by atoms with Gasteiger partial charge in [-0.1, -0.05) is 26.0 Å². The first-order chi connectivity index (χ1) is 14.5. The highest BCUT2D eigenvalue weighted by Crippen LogP contribution is 2.35. The van der Waals surface area contributed by atoms with E-state index in [9.17, 15) is 0 Å². The molecule has 0 spiro atoms. The molecule has 1 atom stereocenters. The molecule has 1 unspecified atom stereocenters. The molecule has 2 aromatic rings. The number of unbranched alkanes of at least 4 members (excludes halogenated alkanes) is 1. The number of fused-ring (bicyclic) bond motifs is 1. The van der Waals surface area contributed by atoms with Gasteiger partial charge >= 0.3 is 0 Å². The van der Waals surface area contributed by atoms with Crippen LogP contribution in [0, 0.1) is 5.82 Å². The molecule has 1 aromatic carbocycles. The highest BCUT2D eigenvalue weighted by Gasteiger charge is 2.26. The van der Waals surface area contributed by atoms with Crippen molar-refractivity contribution in [1.29, 1.82) is 0 Å². The Morgan fingerprint density at radius 2 is 2.03 bits per heavy atom. The number of anilines is 1. The number of piperazine rings is 1. The number of allylic oxidation sites excluding steroid dienone is 2. The minimum Gasteiger partial charge on any atom is -0.391 e. The minimum absolute atomic E-state index is 0.0176. The monoisotopic (exact) mass is 413 g/mol. The molecule has 164 valence electrons. The van der Waals surface area contributed by atoms with Crippen LogP contribution in [0.25, 0.3) is 10.9 Å². The van der Waals surface area contributed by atoms with Crippen molar-refractivity contribution in [1.82, 2.24) is 20.0 Å². The van der Waals surface area contributed by atoms with Crippen molar-refractivity contribution in [3.63, 3.8) is 0 Å². The van der Waals surface area contributed by atoms with E-state index >= 15 is 4.39 Å². The molecular weight excluding hydrogens is 377 g/mol. The summed E-state index contributed by atoms with van der Waals surface area (Å²) >= 11 is 0. The summed E-state index contributed by atoms with van der Waals surface area (Å²) < 4.78 is 17.3. The maximum Gasteiger partial charge on any atom is 0.172 e. The normalized spacial score (nSPS) is 16.1. The smallest absolute Gasteiger partial charge is 0.172 e. The predicted octanol–water partition coefficient (Wildman–Crippen LogP) is 4.42. The number of halogens is 1. The van der Waals surface area contributed by atoms with Gasteiger partial charge in [-0.15, -0.1) is 6.58 Å². The number of rotatable bonds is 10. The zero-order valence-corrected chi connectivity index (χ0v) is 18.8. The number of hydrogen-bond acceptors (Lipinski definition) is 4. The molecule has 5 nitrogen and oxygen atoms in total. The van der Waals surface area contributed by atoms with Gasteiger partial charge in [-0.25, -0.2) is 4.39 Å². The van der Waals surface area contributed by atoms with Gasteiger partial charge in [0, 0.05) is 57.3 Å². The Morgan fingerprint density at radius 1 is 1.30 bits per heavy atom. The Balaban J connectivity index is 1.89. The van der Waals surface area contributed by atoms with Gasteiger partial charge in [0.25, 0.3) is 0 Å². The van der Waals surface area contributed by atoms with Crippen LogP contribution in [-0.4, -0.2) is 54.5 Å². The van der Waals surface area contributed by atoms with E-state index in [1.165, 1.54) is 12.8 Å². The third-order valence-corrected chi connectivity index (χ3v) is 6.23. The third kappa shape index (κ3) is 4.53. The summed E-state index contributed by atoms with van der Waals surface area (Å²) in [4.78, 5) is 4.65. The average molecular weight is 414 g/mol. The number of aryl methyl sites for hydroxylation is 1. The second-order valence-corrected chi connectivity index (χ2v) is 8.18. The van der Waals surface area contributed by atoms with Crippen LogP contribution in [0.1, 0.15) is 44.2 Å². The van der Waals surface area contributed by atoms with E-state index < -0.39 is 0 Å². The van der Waals surface area contributed by atoms with Crippen molar-refractivity contribution in [2.24, 2.45) is 7.05 Å². The lowest BCUT2D eigenvalue weighted by molar-refractivity contribution is 0.253. The fraction of sp³-hybridized carbons (Fsp3) is 0.542. The fourth-order valence-corrected chi connectivity index (χ4v) is 4.37. The van der Waals surface area contributed by atoms with E-state index in [4.69, 9.17) is 5.10 Å². The molecule has 1 aromatic heterocycles. The molecule has 0 saturated carbocycles. The molecule has 0 bridgehead atoms. The number of likely N-dealkylation sites (N-methyl/N-ethyl adjacent to an activating group) is 1. The van der Waals surface area contributed by atoms with Crippen molar-refractivity contribution in [3.8, 4) is 0 Å². The van der Waals surface area contributed by atoms with Gasteiger partial charge in [-0.05, 0) is 37.9 Å². The molecule has 1 aliphatic heterocycles. The van der Waals surface area contributed by atoms with E-state index in [2.05, 4.69) is 35.2 Å². The largest absolute Gasteiger partial charge is 0.391 e. The highest BCUT2D eigenvalue weighted by molar-refractivity contribution is 5.87. The fourth-order valence-electron chi connectivity index (χ4n) is 4.37. The molecule has 1 saturated heterocycles. The van der Waals surface area contributed by atoms with Gasteiger partial charge in [0.2, 0.25) is 0 Å². The molecule has 0 radical (unpaired) electrons. The Morgan fingerprint density at radius 3 is 2.67 bits per heavy atom. The maximum atomic E-state index is 15.7. The number of nitrogens with zero attached hydrogens (tertiary/aromatic N) is 4. The van der Waals surface area contributed by atoms with Crippen LogP contribution in [0.4, 0.5) is 10.1 Å². The first-order valence-electron chi connectivity index (χ1n) is 11.1. The molecule has 0 amide bonds. The molecule has 0 aliphatic carbocycles. The summed E-state index contributed by atoms with van der Waals surface area (Å²) in [5.74, 6) is -0.155. The zero-order valence-electron chi connectivity index (χ0n) is 18.8. The zero-order chi connectivity index (χ0) is 21.7. The lowest BCUT2D eigenvalue weighted by atomic mass is 9.93. The number of aromatic nitrogens is 2. The highest BCUT2D eigenvalue weighted by atomic mass is 19.1. The molecule has 1 fully saturated rings.